The molecule has 0 bridgehead atoms. The van der Waals surface area contributed by atoms with Gasteiger partial charge >= 0.3 is 0 Å². The van der Waals surface area contributed by atoms with Gasteiger partial charge in [0, 0.05) is 24.7 Å². The Kier molecular flexibility index (Phi) is 3.73. The molecule has 2 unspecified atom stereocenters. The fraction of sp³-hybridized carbons (Fsp3) is 0.444. The lowest BCUT2D eigenvalue weighted by atomic mass is 9.92. The minimum Gasteiger partial charge on any atom is -0.368 e. The average Bonchev–Trinajstić information content (AvgIpc) is 2.98. The number of nitrogens with zero attached hydrogens (tertiary/aromatic N) is 3. The fourth-order valence-corrected chi connectivity index (χ4v) is 4.08. The molecule has 2 heterocycles. The van der Waals surface area contributed by atoms with Gasteiger partial charge in [0.1, 0.15) is 5.82 Å². The molecule has 120 valence electrons. The van der Waals surface area contributed by atoms with Gasteiger partial charge in [-0.05, 0) is 61.6 Å². The summed E-state index contributed by atoms with van der Waals surface area (Å²) in [6, 6.07) is 7.54. The van der Waals surface area contributed by atoms with E-state index in [0.29, 0.717) is 17.9 Å². The Hall–Kier alpha value is -2.01. The van der Waals surface area contributed by atoms with Gasteiger partial charge in [0.15, 0.2) is 0 Å². The van der Waals surface area contributed by atoms with Gasteiger partial charge in [-0.2, -0.15) is 0 Å². The maximum Gasteiger partial charge on any atom is 0.220 e. The summed E-state index contributed by atoms with van der Waals surface area (Å²) in [4.78, 5) is 10.9. The van der Waals surface area contributed by atoms with Crippen LogP contribution in [0.2, 0.25) is 0 Å². The number of anilines is 1. The van der Waals surface area contributed by atoms with Crippen LogP contribution >= 0.6 is 0 Å². The molecule has 0 radical (unpaired) electrons. The molecule has 1 saturated heterocycles. The number of aryl methyl sites for hydroxylation is 1. The molecule has 0 spiro atoms. The third kappa shape index (κ3) is 2.81. The van der Waals surface area contributed by atoms with Crippen LogP contribution in [0, 0.1) is 5.82 Å². The molecular formula is C18H21FN4. The van der Waals surface area contributed by atoms with Crippen molar-refractivity contribution in [3.8, 4) is 0 Å². The molecule has 4 nitrogen and oxygen atoms in total. The predicted octanol–water partition coefficient (Wildman–Crippen LogP) is 3.06. The fourth-order valence-electron chi connectivity index (χ4n) is 4.08. The van der Waals surface area contributed by atoms with Gasteiger partial charge in [0.2, 0.25) is 5.95 Å². The summed E-state index contributed by atoms with van der Waals surface area (Å²) in [6.07, 6.45) is 6.11. The van der Waals surface area contributed by atoms with Crippen LogP contribution in [-0.4, -0.2) is 28.0 Å². The van der Waals surface area contributed by atoms with Crippen LogP contribution in [0.15, 0.2) is 30.5 Å². The largest absolute Gasteiger partial charge is 0.368 e. The highest BCUT2D eigenvalue weighted by Gasteiger charge is 2.32. The van der Waals surface area contributed by atoms with E-state index in [0.717, 1.165) is 44.5 Å². The molecule has 1 aromatic carbocycles. The zero-order valence-electron chi connectivity index (χ0n) is 13.1. The maximum absolute atomic E-state index is 13.6. The van der Waals surface area contributed by atoms with Gasteiger partial charge in [-0.1, -0.05) is 6.07 Å². The molecule has 5 heteroatoms. The molecule has 1 aromatic heterocycles. The maximum atomic E-state index is 13.6. The second kappa shape index (κ2) is 5.89. The molecule has 2 atom stereocenters. The number of benzene rings is 1. The van der Waals surface area contributed by atoms with Crippen molar-refractivity contribution in [2.45, 2.75) is 37.6 Å². The summed E-state index contributed by atoms with van der Waals surface area (Å²) in [5.41, 5.74) is 9.22. The van der Waals surface area contributed by atoms with E-state index >= 15 is 0 Å². The van der Waals surface area contributed by atoms with Crippen molar-refractivity contribution in [2.24, 2.45) is 0 Å². The minimum atomic E-state index is -0.132. The Morgan fingerprint density at radius 2 is 2.13 bits per heavy atom. The van der Waals surface area contributed by atoms with Crippen LogP contribution < -0.4 is 5.73 Å². The molecule has 0 amide bonds. The van der Waals surface area contributed by atoms with Crippen LogP contribution in [0.1, 0.15) is 48.0 Å². The Labute approximate surface area is 135 Å². The number of fused-ring (bicyclic) bond motifs is 1. The second-order valence-corrected chi connectivity index (χ2v) is 6.57. The van der Waals surface area contributed by atoms with Gasteiger partial charge < -0.3 is 5.73 Å². The first-order valence-electron chi connectivity index (χ1n) is 8.31. The molecule has 2 aromatic rings. The van der Waals surface area contributed by atoms with Crippen molar-refractivity contribution in [1.29, 1.82) is 0 Å². The summed E-state index contributed by atoms with van der Waals surface area (Å²) in [6.45, 7) is 2.02. The van der Waals surface area contributed by atoms with Gasteiger partial charge in [-0.25, -0.2) is 14.4 Å². The second-order valence-electron chi connectivity index (χ2n) is 6.57. The molecule has 2 N–H and O–H groups in total. The van der Waals surface area contributed by atoms with Crippen molar-refractivity contribution in [2.75, 3.05) is 18.8 Å². The van der Waals surface area contributed by atoms with Crippen LogP contribution in [0.25, 0.3) is 0 Å². The van der Waals surface area contributed by atoms with Crippen molar-refractivity contribution in [1.82, 2.24) is 14.9 Å². The highest BCUT2D eigenvalue weighted by molar-refractivity contribution is 5.35. The topological polar surface area (TPSA) is 55.0 Å². The molecule has 1 aliphatic heterocycles. The number of rotatable bonds is 2. The van der Waals surface area contributed by atoms with E-state index < -0.39 is 0 Å². The van der Waals surface area contributed by atoms with Crippen LogP contribution in [0.4, 0.5) is 10.3 Å². The van der Waals surface area contributed by atoms with Crippen LogP contribution in [-0.2, 0) is 6.42 Å². The SMILES string of the molecule is Nc1nccc(C2CCCN(C3CCc4ccc(F)cc43)C2)n1. The van der Waals surface area contributed by atoms with E-state index in [1.807, 2.05) is 12.1 Å². The zero-order chi connectivity index (χ0) is 15.8. The summed E-state index contributed by atoms with van der Waals surface area (Å²) < 4.78 is 13.6. The molecule has 0 saturated carbocycles. The summed E-state index contributed by atoms with van der Waals surface area (Å²) in [5.74, 6) is 0.590. The van der Waals surface area contributed by atoms with E-state index in [-0.39, 0.29) is 5.82 Å². The number of likely N-dealkylation sites (tertiary alicyclic amines) is 1. The molecule has 23 heavy (non-hydrogen) atoms. The van der Waals surface area contributed by atoms with E-state index in [4.69, 9.17) is 5.73 Å². The highest BCUT2D eigenvalue weighted by Crippen LogP contribution is 2.39. The van der Waals surface area contributed by atoms with Gasteiger partial charge in [0.05, 0.1) is 5.69 Å². The summed E-state index contributed by atoms with van der Waals surface area (Å²) >= 11 is 0. The number of nitrogen functional groups attached to an aromatic ring is 1. The quantitative estimate of drug-likeness (QED) is 0.926. The Morgan fingerprint density at radius 1 is 1.22 bits per heavy atom. The number of aromatic nitrogens is 2. The first-order chi connectivity index (χ1) is 11.2. The smallest absolute Gasteiger partial charge is 0.220 e. The standard InChI is InChI=1S/C18H21FN4/c19-14-5-3-12-4-6-17(15(12)10-14)23-9-1-2-13(11-23)16-7-8-21-18(20)22-16/h3,5,7-8,10,13,17H,1-2,4,6,9,11H2,(H2,20,21,22). The average molecular weight is 312 g/mol. The molecular weight excluding hydrogens is 291 g/mol. The number of nitrogens with two attached hydrogens (primary N) is 1. The lowest BCUT2D eigenvalue weighted by molar-refractivity contribution is 0.146. The number of hydrogen-bond donors (Lipinski definition) is 1. The van der Waals surface area contributed by atoms with Crippen molar-refractivity contribution in [3.63, 3.8) is 0 Å². The monoisotopic (exact) mass is 312 g/mol. The number of piperidine rings is 1. The Bertz CT molecular complexity index is 718. The van der Waals surface area contributed by atoms with Crippen molar-refractivity contribution in [3.05, 3.63) is 53.1 Å². The summed E-state index contributed by atoms with van der Waals surface area (Å²) in [7, 11) is 0. The minimum absolute atomic E-state index is 0.132. The third-order valence-corrected chi connectivity index (χ3v) is 5.16. The van der Waals surface area contributed by atoms with Crippen LogP contribution in [0.3, 0.4) is 0 Å². The Balaban J connectivity index is 1.56. The number of hydrogen-bond acceptors (Lipinski definition) is 4. The van der Waals surface area contributed by atoms with Crippen molar-refractivity contribution < 1.29 is 4.39 Å². The molecule has 2 aliphatic rings. The highest BCUT2D eigenvalue weighted by atomic mass is 19.1. The van der Waals surface area contributed by atoms with E-state index in [1.54, 1.807) is 18.3 Å². The van der Waals surface area contributed by atoms with Gasteiger partial charge in [0.25, 0.3) is 0 Å². The lowest BCUT2D eigenvalue weighted by Crippen LogP contribution is -2.37. The van der Waals surface area contributed by atoms with E-state index in [9.17, 15) is 4.39 Å². The first kappa shape index (κ1) is 14.6. The van der Waals surface area contributed by atoms with E-state index in [1.165, 1.54) is 11.1 Å². The predicted molar refractivity (Wildman–Crippen MR) is 87.5 cm³/mol. The third-order valence-electron chi connectivity index (χ3n) is 5.16. The Morgan fingerprint density at radius 3 is 3.00 bits per heavy atom. The lowest BCUT2D eigenvalue weighted by Gasteiger charge is -2.37. The zero-order valence-corrected chi connectivity index (χ0v) is 13.1. The molecule has 1 fully saturated rings. The first-order valence-corrected chi connectivity index (χ1v) is 8.31. The molecule has 1 aliphatic carbocycles. The summed E-state index contributed by atoms with van der Waals surface area (Å²) in [5, 5.41) is 0. The van der Waals surface area contributed by atoms with Gasteiger partial charge in [-0.15, -0.1) is 0 Å². The molecule has 4 rings (SSSR count). The van der Waals surface area contributed by atoms with Gasteiger partial charge in [-0.3, -0.25) is 4.90 Å². The van der Waals surface area contributed by atoms with Crippen molar-refractivity contribution >= 4 is 5.95 Å². The van der Waals surface area contributed by atoms with Crippen LogP contribution in [0.5, 0.6) is 0 Å². The normalized spacial score (nSPS) is 24.6. The number of halogens is 1. The van der Waals surface area contributed by atoms with E-state index in [2.05, 4.69) is 14.9 Å².